The number of carbonyl (C=O) groups is 2. The summed E-state index contributed by atoms with van der Waals surface area (Å²) in [4.78, 5) is 27.9. The maximum absolute atomic E-state index is 13.3. The maximum atomic E-state index is 13.3. The van der Waals surface area contributed by atoms with Crippen LogP contribution in [0, 0.1) is 17.3 Å². The Hall–Kier alpha value is -1.61. The highest BCUT2D eigenvalue weighted by atomic mass is 35.5. The molecule has 186 valence electrons. The minimum atomic E-state index is -0.627. The van der Waals surface area contributed by atoms with Crippen molar-refractivity contribution < 1.29 is 18.9 Å². The van der Waals surface area contributed by atoms with Crippen molar-refractivity contribution in [2.75, 3.05) is 6.54 Å². The summed E-state index contributed by atoms with van der Waals surface area (Å²) in [6.45, 7) is 9.75. The molecule has 3 N–H and O–H groups in total. The molecule has 1 aromatic rings. The first-order chi connectivity index (χ1) is 15.6. The van der Waals surface area contributed by atoms with Crippen LogP contribution in [0.4, 0.5) is 0 Å². The second-order valence-electron chi connectivity index (χ2n) is 11.2. The number of rotatable bonds is 5. The average molecular weight is 490 g/mol. The van der Waals surface area contributed by atoms with E-state index >= 15 is 0 Å². The lowest BCUT2D eigenvalue weighted by atomic mass is 9.43. The van der Waals surface area contributed by atoms with E-state index in [9.17, 15) is 9.59 Å². The van der Waals surface area contributed by atoms with Gasteiger partial charge in [0.2, 0.25) is 5.91 Å². The summed E-state index contributed by atoms with van der Waals surface area (Å²) in [5, 5.41) is 2.86. The molecule has 2 amide bonds. The fraction of sp³-hybridized carbons (Fsp3) is 0.680. The van der Waals surface area contributed by atoms with E-state index in [1.807, 2.05) is 17.0 Å². The zero-order valence-corrected chi connectivity index (χ0v) is 21.4. The Kier molecular flexibility index (Phi) is 6.84. The summed E-state index contributed by atoms with van der Waals surface area (Å²) in [5.74, 6) is 0.736. The van der Waals surface area contributed by atoms with Gasteiger partial charge in [0.15, 0.2) is 0 Å². The second kappa shape index (κ2) is 9.12. The Morgan fingerprint density at radius 2 is 1.94 bits per heavy atom. The summed E-state index contributed by atoms with van der Waals surface area (Å²) in [5.41, 5.74) is 7.11. The number of amides is 2. The molecule has 9 heteroatoms. The van der Waals surface area contributed by atoms with Crippen LogP contribution in [0.25, 0.3) is 0 Å². The lowest BCUT2D eigenvalue weighted by Gasteiger charge is -2.64. The molecule has 0 spiro atoms. The lowest BCUT2D eigenvalue weighted by molar-refractivity contribution is -0.199. The summed E-state index contributed by atoms with van der Waals surface area (Å²) in [7, 11) is -0.395. The predicted octanol–water partition coefficient (Wildman–Crippen LogP) is 2.94. The molecule has 7 nitrogen and oxygen atoms in total. The second-order valence-corrected chi connectivity index (χ2v) is 11.2. The number of hydrogen-bond donors (Lipinski definition) is 2. The van der Waals surface area contributed by atoms with Gasteiger partial charge >= 0.3 is 7.12 Å². The molecule has 0 aromatic heterocycles. The number of hydrogen-bond acceptors (Lipinski definition) is 5. The SMILES string of the molecule is C[C@@H](NC(=O)c1ccc(CN)cc1)C(=O)N1CCC[C@H]1B1OC2C[C@@H]3C[C@@H](C3(C)C)[C@]2(C)O1.Cl. The average Bonchev–Trinajstić information content (AvgIpc) is 3.42. The van der Waals surface area contributed by atoms with Gasteiger partial charge in [-0.3, -0.25) is 9.59 Å². The predicted molar refractivity (Wildman–Crippen MR) is 133 cm³/mol. The molecule has 6 atom stereocenters. The standard InChI is InChI=1S/C25H36BN3O4.ClH/c1-15(28-22(30)17-9-7-16(14-27)8-10-17)23(31)29-11-5-6-21(29)26-32-20-13-18-12-19(24(18,2)3)25(20,4)33-26;/h7-10,15,18-21H,5-6,11-14,27H2,1-4H3,(H,28,30);1H/t15-,18+,19+,20?,21+,25+;/m1./s1. The van der Waals surface area contributed by atoms with Crippen LogP contribution < -0.4 is 11.1 Å². The quantitative estimate of drug-likeness (QED) is 0.620. The summed E-state index contributed by atoms with van der Waals surface area (Å²) in [6, 6.07) is 6.51. The van der Waals surface area contributed by atoms with Crippen molar-refractivity contribution in [3.05, 3.63) is 35.4 Å². The number of likely N-dealkylation sites (tertiary alicyclic amines) is 1. The van der Waals surface area contributed by atoms with Crippen molar-refractivity contribution in [2.45, 2.75) is 83.6 Å². The van der Waals surface area contributed by atoms with Gasteiger partial charge in [-0.1, -0.05) is 26.0 Å². The van der Waals surface area contributed by atoms with Crippen LogP contribution in [0.15, 0.2) is 24.3 Å². The molecule has 2 bridgehead atoms. The molecule has 1 aromatic carbocycles. The van der Waals surface area contributed by atoms with E-state index < -0.39 is 13.2 Å². The molecule has 2 heterocycles. The van der Waals surface area contributed by atoms with Crippen molar-refractivity contribution in [3.63, 3.8) is 0 Å². The number of halogens is 1. The Labute approximate surface area is 209 Å². The number of nitrogens with two attached hydrogens (primary N) is 1. The van der Waals surface area contributed by atoms with Gasteiger partial charge in [-0.15, -0.1) is 12.4 Å². The molecule has 34 heavy (non-hydrogen) atoms. The summed E-state index contributed by atoms with van der Waals surface area (Å²) < 4.78 is 13.1. The molecule has 1 unspecified atom stereocenters. The van der Waals surface area contributed by atoms with Gasteiger partial charge in [0.25, 0.3) is 5.91 Å². The highest BCUT2D eigenvalue weighted by Crippen LogP contribution is 2.65. The van der Waals surface area contributed by atoms with Crippen molar-refractivity contribution in [1.29, 1.82) is 0 Å². The van der Waals surface area contributed by atoms with Crippen LogP contribution in [0.5, 0.6) is 0 Å². The van der Waals surface area contributed by atoms with Gasteiger partial charge in [0, 0.05) is 18.7 Å². The van der Waals surface area contributed by atoms with Gasteiger partial charge in [-0.25, -0.2) is 0 Å². The monoisotopic (exact) mass is 489 g/mol. The Bertz CT molecular complexity index is 945. The molecule has 3 aliphatic carbocycles. The highest BCUT2D eigenvalue weighted by molar-refractivity contribution is 6.48. The normalized spacial score (nSPS) is 34.0. The van der Waals surface area contributed by atoms with Crippen LogP contribution in [-0.2, 0) is 20.6 Å². The first-order valence-corrected chi connectivity index (χ1v) is 12.4. The van der Waals surface area contributed by atoms with Crippen LogP contribution >= 0.6 is 12.4 Å². The van der Waals surface area contributed by atoms with Gasteiger partial charge in [-0.2, -0.15) is 0 Å². The van der Waals surface area contributed by atoms with E-state index in [0.29, 0.717) is 30.5 Å². The molecule has 3 saturated carbocycles. The Balaban J connectivity index is 0.00000274. The van der Waals surface area contributed by atoms with Gasteiger partial charge in [0.05, 0.1) is 17.6 Å². The van der Waals surface area contributed by atoms with E-state index in [-0.39, 0.29) is 47.3 Å². The van der Waals surface area contributed by atoms with Crippen molar-refractivity contribution in [2.24, 2.45) is 23.0 Å². The smallest absolute Gasteiger partial charge is 0.404 e. The summed E-state index contributed by atoms with van der Waals surface area (Å²) in [6.07, 6.45) is 4.12. The minimum Gasteiger partial charge on any atom is -0.404 e. The first-order valence-electron chi connectivity index (χ1n) is 12.4. The van der Waals surface area contributed by atoms with E-state index in [1.165, 1.54) is 6.42 Å². The zero-order chi connectivity index (χ0) is 23.5. The first kappa shape index (κ1) is 25.5. The third-order valence-corrected chi connectivity index (χ3v) is 9.04. The third-order valence-electron chi connectivity index (χ3n) is 9.04. The number of carbonyl (C=O) groups excluding carboxylic acids is 2. The van der Waals surface area contributed by atoms with Gasteiger partial charge in [0.1, 0.15) is 6.04 Å². The van der Waals surface area contributed by atoms with E-state index in [1.54, 1.807) is 19.1 Å². The number of nitrogens with one attached hydrogen (secondary N) is 1. The zero-order valence-electron chi connectivity index (χ0n) is 20.6. The third kappa shape index (κ3) is 3.96. The molecular formula is C25H37BClN3O4. The molecule has 2 saturated heterocycles. The Morgan fingerprint density at radius 3 is 2.59 bits per heavy atom. The van der Waals surface area contributed by atoms with Crippen LogP contribution in [0.1, 0.15) is 69.3 Å². The minimum absolute atomic E-state index is 0. The molecule has 5 aliphatic rings. The molecule has 5 fully saturated rings. The number of benzene rings is 1. The van der Waals surface area contributed by atoms with Crippen molar-refractivity contribution in [3.8, 4) is 0 Å². The molecular weight excluding hydrogens is 453 g/mol. The Morgan fingerprint density at radius 1 is 1.24 bits per heavy atom. The fourth-order valence-corrected chi connectivity index (χ4v) is 6.80. The fourth-order valence-electron chi connectivity index (χ4n) is 6.80. The molecule has 6 rings (SSSR count). The largest absolute Gasteiger partial charge is 0.481 e. The van der Waals surface area contributed by atoms with Crippen molar-refractivity contribution in [1.82, 2.24) is 10.2 Å². The number of nitrogens with zero attached hydrogens (tertiary/aromatic N) is 1. The van der Waals surface area contributed by atoms with Gasteiger partial charge < -0.3 is 25.3 Å². The summed E-state index contributed by atoms with van der Waals surface area (Å²) >= 11 is 0. The molecule has 2 aliphatic heterocycles. The lowest BCUT2D eigenvalue weighted by Crippen LogP contribution is -2.65. The van der Waals surface area contributed by atoms with Crippen molar-refractivity contribution >= 4 is 31.3 Å². The van der Waals surface area contributed by atoms with E-state index in [0.717, 1.165) is 24.8 Å². The topological polar surface area (TPSA) is 93.9 Å². The van der Waals surface area contributed by atoms with Crippen LogP contribution in [0.2, 0.25) is 0 Å². The highest BCUT2D eigenvalue weighted by Gasteiger charge is 2.69. The van der Waals surface area contributed by atoms with E-state index in [2.05, 4.69) is 26.1 Å². The van der Waals surface area contributed by atoms with E-state index in [4.69, 9.17) is 15.0 Å². The maximum Gasteiger partial charge on any atom is 0.481 e. The van der Waals surface area contributed by atoms with Crippen LogP contribution in [-0.4, -0.2) is 54.1 Å². The van der Waals surface area contributed by atoms with Gasteiger partial charge in [-0.05, 0) is 74.5 Å². The van der Waals surface area contributed by atoms with Crippen LogP contribution in [0.3, 0.4) is 0 Å². The molecule has 0 radical (unpaired) electrons.